The lowest BCUT2D eigenvalue weighted by Crippen LogP contribution is -2.37. The summed E-state index contributed by atoms with van der Waals surface area (Å²) < 4.78 is 10.5. The largest absolute Gasteiger partial charge is 0.452 e. The Bertz CT molecular complexity index is 825. The summed E-state index contributed by atoms with van der Waals surface area (Å²) in [4.78, 5) is 31.2. The minimum Gasteiger partial charge on any atom is -0.452 e. The van der Waals surface area contributed by atoms with Crippen LogP contribution in [0.5, 0.6) is 0 Å². The minimum absolute atomic E-state index is 0.130. The SMILES string of the molecule is Cc1noc(C)c1CSc1ncccc1C(=O)OCC(=O)N1CCCCCCC1. The van der Waals surface area contributed by atoms with Gasteiger partial charge in [-0.1, -0.05) is 24.4 Å². The van der Waals surface area contributed by atoms with E-state index in [0.29, 0.717) is 16.3 Å². The lowest BCUT2D eigenvalue weighted by atomic mass is 10.1. The van der Waals surface area contributed by atoms with Gasteiger partial charge < -0.3 is 14.2 Å². The maximum Gasteiger partial charge on any atom is 0.341 e. The molecule has 0 atom stereocenters. The second-order valence-electron chi connectivity index (χ2n) is 7.17. The quantitative estimate of drug-likeness (QED) is 0.520. The van der Waals surface area contributed by atoms with Gasteiger partial charge in [-0.25, -0.2) is 9.78 Å². The highest BCUT2D eigenvalue weighted by Gasteiger charge is 2.20. The van der Waals surface area contributed by atoms with Crippen molar-refractivity contribution in [2.75, 3.05) is 19.7 Å². The summed E-state index contributed by atoms with van der Waals surface area (Å²) in [6, 6.07) is 3.36. The van der Waals surface area contributed by atoms with E-state index in [0.717, 1.165) is 55.8 Å². The zero-order chi connectivity index (χ0) is 20.6. The smallest absolute Gasteiger partial charge is 0.341 e. The van der Waals surface area contributed by atoms with Crippen molar-refractivity contribution >= 4 is 23.6 Å². The van der Waals surface area contributed by atoms with E-state index in [9.17, 15) is 9.59 Å². The lowest BCUT2D eigenvalue weighted by molar-refractivity contribution is -0.134. The molecule has 29 heavy (non-hydrogen) atoms. The molecule has 0 spiro atoms. The van der Waals surface area contributed by atoms with Crippen LogP contribution >= 0.6 is 11.8 Å². The molecular weight excluding hydrogens is 390 g/mol. The van der Waals surface area contributed by atoms with Crippen LogP contribution in [0.25, 0.3) is 0 Å². The standard InChI is InChI=1S/C21H27N3O4S/c1-15-18(16(2)28-23-15)14-29-20-17(9-8-10-22-20)21(26)27-13-19(25)24-11-6-4-3-5-7-12-24/h8-10H,3-7,11-14H2,1-2H3. The number of nitrogens with zero attached hydrogens (tertiary/aromatic N) is 3. The van der Waals surface area contributed by atoms with E-state index < -0.39 is 5.97 Å². The van der Waals surface area contributed by atoms with Crippen LogP contribution in [0.4, 0.5) is 0 Å². The third-order valence-electron chi connectivity index (χ3n) is 5.06. The molecule has 0 N–H and O–H groups in total. The molecular formula is C21H27N3O4S. The summed E-state index contributed by atoms with van der Waals surface area (Å²) in [6.07, 6.45) is 7.16. The highest BCUT2D eigenvalue weighted by atomic mass is 32.2. The van der Waals surface area contributed by atoms with Gasteiger partial charge in [-0.3, -0.25) is 4.79 Å². The Morgan fingerprint density at radius 3 is 2.59 bits per heavy atom. The van der Waals surface area contributed by atoms with Gasteiger partial charge >= 0.3 is 5.97 Å². The molecule has 8 heteroatoms. The van der Waals surface area contributed by atoms with E-state index in [2.05, 4.69) is 10.1 Å². The van der Waals surface area contributed by atoms with Gasteiger partial charge in [-0.2, -0.15) is 0 Å². The minimum atomic E-state index is -0.528. The Kier molecular flexibility index (Phi) is 7.69. The summed E-state index contributed by atoms with van der Waals surface area (Å²) in [5.74, 6) is 0.688. The second-order valence-corrected chi connectivity index (χ2v) is 8.14. The molecule has 1 amide bonds. The van der Waals surface area contributed by atoms with Crippen LogP contribution in [0.1, 0.15) is 59.5 Å². The molecule has 0 radical (unpaired) electrons. The lowest BCUT2D eigenvalue weighted by Gasteiger charge is -2.24. The number of amides is 1. The number of hydrogen-bond acceptors (Lipinski definition) is 7. The number of hydrogen-bond donors (Lipinski definition) is 0. The molecule has 2 aromatic heterocycles. The van der Waals surface area contributed by atoms with Crippen LogP contribution in [0, 0.1) is 13.8 Å². The Labute approximate surface area is 175 Å². The van der Waals surface area contributed by atoms with Gasteiger partial charge in [0.1, 0.15) is 10.8 Å². The first kappa shape index (κ1) is 21.4. The van der Waals surface area contributed by atoms with Gasteiger partial charge in [0.25, 0.3) is 5.91 Å². The fraction of sp³-hybridized carbons (Fsp3) is 0.524. The topological polar surface area (TPSA) is 85.5 Å². The molecule has 7 nitrogen and oxygen atoms in total. The number of rotatable bonds is 6. The highest BCUT2D eigenvalue weighted by molar-refractivity contribution is 7.98. The fourth-order valence-corrected chi connectivity index (χ4v) is 4.44. The molecule has 1 saturated heterocycles. The van der Waals surface area contributed by atoms with Crippen molar-refractivity contribution < 1.29 is 18.8 Å². The summed E-state index contributed by atoms with van der Waals surface area (Å²) >= 11 is 1.42. The summed E-state index contributed by atoms with van der Waals surface area (Å²) in [7, 11) is 0. The number of carbonyl (C=O) groups excluding carboxylic acids is 2. The normalized spacial score (nSPS) is 14.9. The van der Waals surface area contributed by atoms with E-state index in [1.165, 1.54) is 18.2 Å². The Morgan fingerprint density at radius 2 is 1.90 bits per heavy atom. The maximum atomic E-state index is 12.6. The van der Waals surface area contributed by atoms with Crippen LogP contribution in [0.2, 0.25) is 0 Å². The molecule has 0 saturated carbocycles. The third-order valence-corrected chi connectivity index (χ3v) is 6.09. The maximum absolute atomic E-state index is 12.6. The van der Waals surface area contributed by atoms with Crippen LogP contribution in [0.15, 0.2) is 27.9 Å². The van der Waals surface area contributed by atoms with E-state index in [4.69, 9.17) is 9.26 Å². The molecule has 1 aliphatic heterocycles. The molecule has 0 aromatic carbocycles. The molecule has 0 bridgehead atoms. The summed E-state index contributed by atoms with van der Waals surface area (Å²) in [5, 5.41) is 4.52. The van der Waals surface area contributed by atoms with Crippen LogP contribution < -0.4 is 0 Å². The van der Waals surface area contributed by atoms with Crippen molar-refractivity contribution in [2.24, 2.45) is 0 Å². The molecule has 3 rings (SSSR count). The van der Waals surface area contributed by atoms with E-state index in [-0.39, 0.29) is 12.5 Å². The van der Waals surface area contributed by atoms with Gasteiger partial charge in [0, 0.05) is 30.6 Å². The zero-order valence-corrected chi connectivity index (χ0v) is 17.8. The Morgan fingerprint density at radius 1 is 1.17 bits per heavy atom. The van der Waals surface area contributed by atoms with Gasteiger partial charge in [-0.15, -0.1) is 11.8 Å². The average Bonchev–Trinajstić information content (AvgIpc) is 3.02. The molecule has 156 valence electrons. The number of thioether (sulfide) groups is 1. The highest BCUT2D eigenvalue weighted by Crippen LogP contribution is 2.27. The van der Waals surface area contributed by atoms with Crippen molar-refractivity contribution in [3.63, 3.8) is 0 Å². The molecule has 0 aliphatic carbocycles. The van der Waals surface area contributed by atoms with Gasteiger partial charge in [0.15, 0.2) is 6.61 Å². The van der Waals surface area contributed by atoms with Gasteiger partial charge in [0.05, 0.1) is 11.3 Å². The number of likely N-dealkylation sites (tertiary alicyclic amines) is 1. The summed E-state index contributed by atoms with van der Waals surface area (Å²) in [5.41, 5.74) is 2.19. The molecule has 3 heterocycles. The van der Waals surface area contributed by atoms with Crippen molar-refractivity contribution in [1.82, 2.24) is 15.0 Å². The zero-order valence-electron chi connectivity index (χ0n) is 17.0. The Hall–Kier alpha value is -2.35. The first-order valence-electron chi connectivity index (χ1n) is 10.0. The van der Waals surface area contributed by atoms with Crippen LogP contribution in [0.3, 0.4) is 0 Å². The third kappa shape index (κ3) is 5.82. The summed E-state index contributed by atoms with van der Waals surface area (Å²) in [6.45, 7) is 4.99. The number of esters is 1. The number of ether oxygens (including phenoxy) is 1. The molecule has 1 aliphatic rings. The number of carbonyl (C=O) groups is 2. The van der Waals surface area contributed by atoms with Crippen molar-refractivity contribution in [3.8, 4) is 0 Å². The average molecular weight is 418 g/mol. The fourth-order valence-electron chi connectivity index (χ4n) is 3.30. The molecule has 0 unspecified atom stereocenters. The van der Waals surface area contributed by atoms with Crippen molar-refractivity contribution in [2.45, 2.75) is 56.7 Å². The van der Waals surface area contributed by atoms with Gasteiger partial charge in [-0.05, 0) is 38.8 Å². The monoisotopic (exact) mass is 417 g/mol. The van der Waals surface area contributed by atoms with E-state index >= 15 is 0 Å². The molecule has 2 aromatic rings. The van der Waals surface area contributed by atoms with Crippen molar-refractivity contribution in [3.05, 3.63) is 40.9 Å². The van der Waals surface area contributed by atoms with Crippen LogP contribution in [-0.2, 0) is 15.3 Å². The van der Waals surface area contributed by atoms with Crippen molar-refractivity contribution in [1.29, 1.82) is 0 Å². The first-order valence-corrected chi connectivity index (χ1v) is 11.0. The number of aryl methyl sites for hydroxylation is 2. The number of aromatic nitrogens is 2. The predicted molar refractivity (Wildman–Crippen MR) is 110 cm³/mol. The number of pyridine rings is 1. The van der Waals surface area contributed by atoms with Gasteiger partial charge in [0.2, 0.25) is 0 Å². The predicted octanol–water partition coefficient (Wildman–Crippen LogP) is 3.93. The second kappa shape index (κ2) is 10.4. The molecule has 1 fully saturated rings. The first-order chi connectivity index (χ1) is 14.1. The Balaban J connectivity index is 1.58. The van der Waals surface area contributed by atoms with E-state index in [1.807, 2.05) is 18.7 Å². The van der Waals surface area contributed by atoms with Crippen LogP contribution in [-0.4, -0.2) is 46.6 Å². The van der Waals surface area contributed by atoms with E-state index in [1.54, 1.807) is 18.3 Å².